The van der Waals surface area contributed by atoms with Gasteiger partial charge in [0.1, 0.15) is 6.61 Å². The molecule has 0 aliphatic carbocycles. The van der Waals surface area contributed by atoms with Crippen LogP contribution in [-0.4, -0.2) is 23.5 Å². The van der Waals surface area contributed by atoms with Gasteiger partial charge in [-0.15, -0.1) is 0 Å². The average Bonchev–Trinajstić information content (AvgIpc) is 2.65. The van der Waals surface area contributed by atoms with Gasteiger partial charge in [0.05, 0.1) is 11.2 Å². The minimum absolute atomic E-state index is 0.162. The molecule has 5 nitrogen and oxygen atoms in total. The number of benzene rings is 2. The SMILES string of the molecule is CC(=O)OC/C=C/c1cc(I)ccc1C(=O)Nc1cccc2cccnc12. The third-order valence-corrected chi connectivity index (χ3v) is 4.49. The van der Waals surface area contributed by atoms with Crippen LogP contribution >= 0.6 is 22.6 Å². The number of esters is 1. The number of para-hydroxylation sites is 1. The third kappa shape index (κ3) is 4.91. The van der Waals surface area contributed by atoms with Crippen molar-refractivity contribution in [2.24, 2.45) is 0 Å². The Bertz CT molecular complexity index is 1030. The molecule has 0 saturated carbocycles. The average molecular weight is 472 g/mol. The fourth-order valence-corrected chi connectivity index (χ4v) is 3.13. The zero-order valence-corrected chi connectivity index (χ0v) is 16.8. The van der Waals surface area contributed by atoms with Gasteiger partial charge in [-0.1, -0.05) is 24.3 Å². The van der Waals surface area contributed by atoms with Crippen molar-refractivity contribution in [3.05, 3.63) is 75.5 Å². The summed E-state index contributed by atoms with van der Waals surface area (Å²) in [7, 11) is 0. The Morgan fingerprint density at radius 1 is 1.19 bits per heavy atom. The maximum Gasteiger partial charge on any atom is 0.302 e. The lowest BCUT2D eigenvalue weighted by Crippen LogP contribution is -2.14. The number of fused-ring (bicyclic) bond motifs is 1. The molecule has 3 rings (SSSR count). The number of ether oxygens (including phenoxy) is 1. The summed E-state index contributed by atoms with van der Waals surface area (Å²) in [5.41, 5.74) is 2.68. The van der Waals surface area contributed by atoms with Gasteiger partial charge in [0, 0.05) is 27.6 Å². The molecule has 136 valence electrons. The van der Waals surface area contributed by atoms with Crippen LogP contribution in [0.4, 0.5) is 5.69 Å². The second kappa shape index (κ2) is 8.77. The second-order valence-electron chi connectivity index (χ2n) is 5.77. The number of anilines is 1. The lowest BCUT2D eigenvalue weighted by Gasteiger charge is -2.10. The van der Waals surface area contributed by atoms with Gasteiger partial charge in [-0.05, 0) is 64.6 Å². The molecule has 6 heteroatoms. The van der Waals surface area contributed by atoms with Gasteiger partial charge in [-0.2, -0.15) is 0 Å². The molecule has 1 N–H and O–H groups in total. The number of aromatic nitrogens is 1. The van der Waals surface area contributed by atoms with Crippen LogP contribution in [0.15, 0.2) is 60.8 Å². The van der Waals surface area contributed by atoms with E-state index in [1.165, 1.54) is 6.92 Å². The number of pyridine rings is 1. The summed E-state index contributed by atoms with van der Waals surface area (Å²) in [5, 5.41) is 3.90. The highest BCUT2D eigenvalue weighted by atomic mass is 127. The lowest BCUT2D eigenvalue weighted by atomic mass is 10.1. The highest BCUT2D eigenvalue weighted by Crippen LogP contribution is 2.23. The van der Waals surface area contributed by atoms with E-state index in [1.54, 1.807) is 24.4 Å². The van der Waals surface area contributed by atoms with E-state index in [0.29, 0.717) is 11.3 Å². The van der Waals surface area contributed by atoms with E-state index < -0.39 is 0 Å². The summed E-state index contributed by atoms with van der Waals surface area (Å²) in [4.78, 5) is 28.1. The molecule has 0 fully saturated rings. The smallest absolute Gasteiger partial charge is 0.302 e. The Kier molecular flexibility index (Phi) is 6.18. The molecule has 1 heterocycles. The van der Waals surface area contributed by atoms with Crippen molar-refractivity contribution in [2.45, 2.75) is 6.92 Å². The van der Waals surface area contributed by atoms with Gasteiger partial charge in [-0.3, -0.25) is 14.6 Å². The van der Waals surface area contributed by atoms with Crippen molar-refractivity contribution >= 4 is 57.1 Å². The van der Waals surface area contributed by atoms with E-state index in [-0.39, 0.29) is 18.5 Å². The number of carbonyl (C=O) groups is 2. The number of amides is 1. The van der Waals surface area contributed by atoms with E-state index in [0.717, 1.165) is 20.0 Å². The van der Waals surface area contributed by atoms with Crippen LogP contribution in [0.3, 0.4) is 0 Å². The summed E-state index contributed by atoms with van der Waals surface area (Å²) < 4.78 is 5.90. The molecule has 3 aromatic rings. The van der Waals surface area contributed by atoms with E-state index in [1.807, 2.05) is 42.5 Å². The predicted molar refractivity (Wildman–Crippen MR) is 115 cm³/mol. The molecule has 0 spiro atoms. The quantitative estimate of drug-likeness (QED) is 0.433. The van der Waals surface area contributed by atoms with E-state index >= 15 is 0 Å². The predicted octanol–water partition coefficient (Wildman–Crippen LogP) is 4.67. The third-order valence-electron chi connectivity index (χ3n) is 3.82. The number of rotatable bonds is 5. The number of halogens is 1. The van der Waals surface area contributed by atoms with Gasteiger partial charge >= 0.3 is 5.97 Å². The first-order chi connectivity index (χ1) is 13.0. The van der Waals surface area contributed by atoms with Gasteiger partial charge < -0.3 is 10.1 Å². The Morgan fingerprint density at radius 2 is 2.00 bits per heavy atom. The standard InChI is InChI=1S/C21H17IN2O3/c1-14(25)27-12-4-7-16-13-17(22)9-10-18(16)21(26)24-19-8-2-5-15-6-3-11-23-20(15)19/h2-11,13H,12H2,1H3,(H,24,26)/b7-4+. The van der Waals surface area contributed by atoms with E-state index in [4.69, 9.17) is 4.74 Å². The highest BCUT2D eigenvalue weighted by molar-refractivity contribution is 14.1. The van der Waals surface area contributed by atoms with Crippen LogP contribution in [-0.2, 0) is 9.53 Å². The largest absolute Gasteiger partial charge is 0.462 e. The highest BCUT2D eigenvalue weighted by Gasteiger charge is 2.12. The maximum absolute atomic E-state index is 12.9. The fourth-order valence-electron chi connectivity index (χ4n) is 2.61. The molecule has 2 aromatic carbocycles. The van der Waals surface area contributed by atoms with Crippen molar-refractivity contribution in [2.75, 3.05) is 11.9 Å². The molecular formula is C21H17IN2O3. The first-order valence-corrected chi connectivity index (χ1v) is 9.37. The van der Waals surface area contributed by atoms with Crippen LogP contribution in [0.25, 0.3) is 17.0 Å². The number of hydrogen-bond acceptors (Lipinski definition) is 4. The van der Waals surface area contributed by atoms with Gasteiger partial charge in [0.2, 0.25) is 0 Å². The number of nitrogens with one attached hydrogen (secondary N) is 1. The lowest BCUT2D eigenvalue weighted by molar-refractivity contribution is -0.139. The van der Waals surface area contributed by atoms with Crippen LogP contribution < -0.4 is 5.32 Å². The fraction of sp³-hybridized carbons (Fsp3) is 0.0952. The Hall–Kier alpha value is -2.74. The van der Waals surface area contributed by atoms with Crippen LogP contribution in [0.2, 0.25) is 0 Å². The summed E-state index contributed by atoms with van der Waals surface area (Å²) in [6.45, 7) is 1.52. The number of carbonyl (C=O) groups excluding carboxylic acids is 2. The summed E-state index contributed by atoms with van der Waals surface area (Å²) in [5.74, 6) is -0.569. The van der Waals surface area contributed by atoms with Crippen molar-refractivity contribution in [3.8, 4) is 0 Å². The van der Waals surface area contributed by atoms with Crippen LogP contribution in [0, 0.1) is 3.57 Å². The van der Waals surface area contributed by atoms with Gasteiger partial charge in [-0.25, -0.2) is 0 Å². The first kappa shape index (κ1) is 19.0. The molecule has 27 heavy (non-hydrogen) atoms. The monoisotopic (exact) mass is 472 g/mol. The van der Waals surface area contributed by atoms with Crippen molar-refractivity contribution in [1.82, 2.24) is 4.98 Å². The summed E-state index contributed by atoms with van der Waals surface area (Å²) in [6, 6.07) is 15.0. The number of hydrogen-bond donors (Lipinski definition) is 1. The molecule has 0 aliphatic heterocycles. The minimum Gasteiger partial charge on any atom is -0.462 e. The Balaban J connectivity index is 1.87. The van der Waals surface area contributed by atoms with Crippen molar-refractivity contribution < 1.29 is 14.3 Å². The van der Waals surface area contributed by atoms with E-state index in [2.05, 4.69) is 32.9 Å². The number of nitrogens with zero attached hydrogens (tertiary/aromatic N) is 1. The van der Waals surface area contributed by atoms with E-state index in [9.17, 15) is 9.59 Å². The zero-order chi connectivity index (χ0) is 19.2. The summed E-state index contributed by atoms with van der Waals surface area (Å²) in [6.07, 6.45) is 5.19. The Labute approximate surface area is 170 Å². The molecular weight excluding hydrogens is 455 g/mol. The topological polar surface area (TPSA) is 68.3 Å². The molecule has 0 unspecified atom stereocenters. The molecule has 0 atom stereocenters. The maximum atomic E-state index is 12.9. The van der Waals surface area contributed by atoms with Gasteiger partial charge in [0.25, 0.3) is 5.91 Å². The molecule has 1 amide bonds. The molecule has 0 bridgehead atoms. The molecule has 0 radical (unpaired) electrons. The molecule has 0 saturated heterocycles. The normalized spacial score (nSPS) is 10.9. The second-order valence-corrected chi connectivity index (χ2v) is 7.02. The summed E-state index contributed by atoms with van der Waals surface area (Å²) >= 11 is 2.19. The first-order valence-electron chi connectivity index (χ1n) is 8.29. The Morgan fingerprint density at radius 3 is 2.81 bits per heavy atom. The van der Waals surface area contributed by atoms with Gasteiger partial charge in [0.15, 0.2) is 0 Å². The van der Waals surface area contributed by atoms with Crippen molar-refractivity contribution in [3.63, 3.8) is 0 Å². The van der Waals surface area contributed by atoms with Crippen LogP contribution in [0.5, 0.6) is 0 Å². The minimum atomic E-state index is -0.344. The molecule has 0 aliphatic rings. The van der Waals surface area contributed by atoms with Crippen molar-refractivity contribution in [1.29, 1.82) is 0 Å². The zero-order valence-electron chi connectivity index (χ0n) is 14.6. The van der Waals surface area contributed by atoms with Crippen LogP contribution in [0.1, 0.15) is 22.8 Å². The molecule has 1 aromatic heterocycles.